The van der Waals surface area contributed by atoms with Gasteiger partial charge in [-0.05, 0) is 38.0 Å². The molecule has 32 heavy (non-hydrogen) atoms. The normalized spacial score (nSPS) is 12.2. The van der Waals surface area contributed by atoms with Crippen LogP contribution in [0.3, 0.4) is 0 Å². The lowest BCUT2D eigenvalue weighted by molar-refractivity contribution is -0.384. The van der Waals surface area contributed by atoms with Crippen LogP contribution in [-0.4, -0.2) is 37.2 Å². The number of nitrogens with one attached hydrogen (secondary N) is 3. The summed E-state index contributed by atoms with van der Waals surface area (Å²) in [6.07, 6.45) is 0. The average molecular weight is 463 g/mol. The Morgan fingerprint density at radius 3 is 2.25 bits per heavy atom. The van der Waals surface area contributed by atoms with E-state index in [0.717, 1.165) is 11.6 Å². The van der Waals surface area contributed by atoms with Crippen molar-refractivity contribution >= 4 is 27.5 Å². The third kappa shape index (κ3) is 7.75. The molecule has 0 aliphatic carbocycles. The van der Waals surface area contributed by atoms with Crippen LogP contribution in [0.25, 0.3) is 0 Å². The maximum atomic E-state index is 12.3. The number of amides is 2. The van der Waals surface area contributed by atoms with Crippen LogP contribution in [0.2, 0.25) is 0 Å². The fourth-order valence-corrected chi connectivity index (χ4v) is 4.25. The lowest BCUT2D eigenvalue weighted by atomic mass is 10.1. The second-order valence-electron chi connectivity index (χ2n) is 7.57. The Morgan fingerprint density at radius 2 is 1.66 bits per heavy atom. The van der Waals surface area contributed by atoms with Gasteiger partial charge in [0.25, 0.3) is 11.6 Å². The van der Waals surface area contributed by atoms with Gasteiger partial charge in [-0.2, -0.15) is 0 Å². The molecular weight excluding hydrogens is 436 g/mol. The maximum Gasteiger partial charge on any atom is 0.270 e. The van der Waals surface area contributed by atoms with E-state index in [-0.39, 0.29) is 29.6 Å². The molecule has 0 aliphatic heterocycles. The molecule has 3 N–H and O–H groups in total. The number of rotatable bonds is 10. The smallest absolute Gasteiger partial charge is 0.270 e. The van der Waals surface area contributed by atoms with Crippen molar-refractivity contribution in [2.75, 3.05) is 0 Å². The monoisotopic (exact) mass is 462 g/mol. The summed E-state index contributed by atoms with van der Waals surface area (Å²) in [5, 5.41) is 16.0. The molecule has 1 unspecified atom stereocenters. The standard InChI is InChI=1S/C21H26N4O6S/c1-14(2)24-32(30,31)13-17-9-7-16(8-10-17)12-22-20(26)15(3)23-21(27)18-5-4-6-19(11-18)25(28)29/h4-11,14-15,24H,12-13H2,1-3H3,(H,22,26)(H,23,27). The van der Waals surface area contributed by atoms with Crippen LogP contribution >= 0.6 is 0 Å². The summed E-state index contributed by atoms with van der Waals surface area (Å²) in [6.45, 7) is 5.18. The minimum Gasteiger partial charge on any atom is -0.350 e. The Balaban J connectivity index is 1.88. The summed E-state index contributed by atoms with van der Waals surface area (Å²) in [6, 6.07) is 11.0. The summed E-state index contributed by atoms with van der Waals surface area (Å²) in [7, 11) is -3.42. The summed E-state index contributed by atoms with van der Waals surface area (Å²) in [5.74, 6) is -1.17. The Kier molecular flexibility index (Phi) is 8.44. The van der Waals surface area contributed by atoms with E-state index in [1.807, 2.05) is 0 Å². The van der Waals surface area contributed by atoms with Gasteiger partial charge >= 0.3 is 0 Å². The zero-order chi connectivity index (χ0) is 23.9. The molecule has 10 nitrogen and oxygen atoms in total. The van der Waals surface area contributed by atoms with Crippen LogP contribution in [0, 0.1) is 10.1 Å². The van der Waals surface area contributed by atoms with Crippen molar-refractivity contribution in [3.63, 3.8) is 0 Å². The second kappa shape index (κ2) is 10.8. The number of carbonyl (C=O) groups excluding carboxylic acids is 2. The van der Waals surface area contributed by atoms with Gasteiger partial charge in [0.2, 0.25) is 15.9 Å². The molecule has 0 fully saturated rings. The van der Waals surface area contributed by atoms with Crippen molar-refractivity contribution in [2.24, 2.45) is 0 Å². The molecule has 11 heteroatoms. The predicted octanol–water partition coefficient (Wildman–Crippen LogP) is 1.86. The Bertz CT molecular complexity index is 1080. The van der Waals surface area contributed by atoms with Gasteiger partial charge in [-0.1, -0.05) is 30.3 Å². The van der Waals surface area contributed by atoms with Gasteiger partial charge < -0.3 is 10.6 Å². The number of carbonyl (C=O) groups is 2. The molecule has 0 bridgehead atoms. The van der Waals surface area contributed by atoms with Crippen molar-refractivity contribution in [1.29, 1.82) is 0 Å². The zero-order valence-corrected chi connectivity index (χ0v) is 18.8. The zero-order valence-electron chi connectivity index (χ0n) is 18.0. The van der Waals surface area contributed by atoms with E-state index in [2.05, 4.69) is 15.4 Å². The van der Waals surface area contributed by atoms with Gasteiger partial charge in [-0.15, -0.1) is 0 Å². The van der Waals surface area contributed by atoms with Crippen LogP contribution in [-0.2, 0) is 27.1 Å². The van der Waals surface area contributed by atoms with Gasteiger partial charge in [0.15, 0.2) is 0 Å². The average Bonchev–Trinajstić information content (AvgIpc) is 2.71. The number of sulfonamides is 1. The minimum atomic E-state index is -3.42. The first kappa shape index (κ1) is 25.0. The Labute approximate surface area is 186 Å². The number of nitrogens with zero attached hydrogens (tertiary/aromatic N) is 1. The molecule has 2 aromatic carbocycles. The number of nitro groups is 1. The molecule has 172 valence electrons. The minimum absolute atomic E-state index is 0.0800. The van der Waals surface area contributed by atoms with Gasteiger partial charge in [-0.3, -0.25) is 19.7 Å². The van der Waals surface area contributed by atoms with Crippen LogP contribution in [0.5, 0.6) is 0 Å². The molecule has 0 spiro atoms. The fraction of sp³-hybridized carbons (Fsp3) is 0.333. The number of hydrogen-bond acceptors (Lipinski definition) is 6. The van der Waals surface area contributed by atoms with Crippen molar-refractivity contribution in [3.05, 3.63) is 75.3 Å². The summed E-state index contributed by atoms with van der Waals surface area (Å²) in [5.41, 5.74) is 1.24. The van der Waals surface area contributed by atoms with E-state index >= 15 is 0 Å². The Morgan fingerprint density at radius 1 is 1.03 bits per heavy atom. The first-order valence-corrected chi connectivity index (χ1v) is 11.5. The molecule has 2 amide bonds. The van der Waals surface area contributed by atoms with Crippen molar-refractivity contribution in [1.82, 2.24) is 15.4 Å². The van der Waals surface area contributed by atoms with Crippen molar-refractivity contribution < 1.29 is 22.9 Å². The first-order chi connectivity index (χ1) is 15.0. The predicted molar refractivity (Wildman–Crippen MR) is 119 cm³/mol. The highest BCUT2D eigenvalue weighted by molar-refractivity contribution is 7.88. The van der Waals surface area contributed by atoms with E-state index < -0.39 is 32.8 Å². The van der Waals surface area contributed by atoms with E-state index in [1.165, 1.54) is 25.1 Å². The van der Waals surface area contributed by atoms with E-state index in [9.17, 15) is 28.1 Å². The lowest BCUT2D eigenvalue weighted by Gasteiger charge is -2.14. The van der Waals surface area contributed by atoms with Crippen LogP contribution in [0.4, 0.5) is 5.69 Å². The SMILES string of the molecule is CC(C)NS(=O)(=O)Cc1ccc(CNC(=O)C(C)NC(=O)c2cccc([N+](=O)[O-])c2)cc1. The Hall–Kier alpha value is -3.31. The van der Waals surface area contributed by atoms with Gasteiger partial charge in [0.05, 0.1) is 10.7 Å². The number of non-ortho nitro benzene ring substituents is 1. The van der Waals surface area contributed by atoms with Crippen LogP contribution in [0.1, 0.15) is 42.3 Å². The highest BCUT2D eigenvalue weighted by atomic mass is 32.2. The second-order valence-corrected chi connectivity index (χ2v) is 9.32. The van der Waals surface area contributed by atoms with Gasteiger partial charge in [0, 0.05) is 30.3 Å². The van der Waals surface area contributed by atoms with Crippen LogP contribution < -0.4 is 15.4 Å². The van der Waals surface area contributed by atoms with E-state index in [0.29, 0.717) is 5.56 Å². The number of benzene rings is 2. The van der Waals surface area contributed by atoms with Gasteiger partial charge in [-0.25, -0.2) is 13.1 Å². The molecule has 2 rings (SSSR count). The molecule has 0 radical (unpaired) electrons. The number of nitro benzene ring substituents is 1. The molecule has 1 atom stereocenters. The molecular formula is C21H26N4O6S. The topological polar surface area (TPSA) is 148 Å². The fourth-order valence-electron chi connectivity index (χ4n) is 2.82. The third-order valence-electron chi connectivity index (χ3n) is 4.32. The van der Waals surface area contributed by atoms with Crippen molar-refractivity contribution in [3.8, 4) is 0 Å². The third-order valence-corrected chi connectivity index (χ3v) is 5.87. The molecule has 0 saturated heterocycles. The highest BCUT2D eigenvalue weighted by Crippen LogP contribution is 2.13. The highest BCUT2D eigenvalue weighted by Gasteiger charge is 2.18. The molecule has 0 aromatic heterocycles. The van der Waals surface area contributed by atoms with Crippen molar-refractivity contribution in [2.45, 2.75) is 45.2 Å². The van der Waals surface area contributed by atoms with E-state index in [1.54, 1.807) is 38.1 Å². The molecule has 0 saturated carbocycles. The molecule has 0 aliphatic rings. The number of hydrogen-bond donors (Lipinski definition) is 3. The molecule has 2 aromatic rings. The maximum absolute atomic E-state index is 12.3. The van der Waals surface area contributed by atoms with E-state index in [4.69, 9.17) is 0 Å². The quantitative estimate of drug-likeness (QED) is 0.363. The summed E-state index contributed by atoms with van der Waals surface area (Å²) in [4.78, 5) is 34.8. The lowest BCUT2D eigenvalue weighted by Crippen LogP contribution is -2.44. The summed E-state index contributed by atoms with van der Waals surface area (Å²) >= 11 is 0. The van der Waals surface area contributed by atoms with Gasteiger partial charge in [0.1, 0.15) is 6.04 Å². The largest absolute Gasteiger partial charge is 0.350 e. The summed E-state index contributed by atoms with van der Waals surface area (Å²) < 4.78 is 26.5. The van der Waals surface area contributed by atoms with Crippen LogP contribution in [0.15, 0.2) is 48.5 Å². The molecule has 0 heterocycles. The first-order valence-electron chi connectivity index (χ1n) is 9.87.